The van der Waals surface area contributed by atoms with Crippen LogP contribution in [0, 0.1) is 5.92 Å². The molecule has 0 fully saturated rings. The fourth-order valence-corrected chi connectivity index (χ4v) is 5.12. The van der Waals surface area contributed by atoms with E-state index in [-0.39, 0.29) is 18.4 Å². The Hall–Kier alpha value is -1.81. The van der Waals surface area contributed by atoms with Crippen LogP contribution in [0.3, 0.4) is 0 Å². The first kappa shape index (κ1) is 29.4. The highest BCUT2D eigenvalue weighted by Gasteiger charge is 2.32. The number of benzene rings is 2. The van der Waals surface area contributed by atoms with Crippen LogP contribution in [-0.4, -0.2) is 50.5 Å². The largest absolute Gasteiger partial charge is 0.354 e. The summed E-state index contributed by atoms with van der Waals surface area (Å²) in [6.45, 7) is 5.73. The van der Waals surface area contributed by atoms with Crippen molar-refractivity contribution < 1.29 is 18.0 Å². The number of carbonyl (C=O) groups is 2. The van der Waals surface area contributed by atoms with Crippen LogP contribution in [0.1, 0.15) is 32.8 Å². The van der Waals surface area contributed by atoms with Crippen LogP contribution < -0.4 is 9.62 Å². The molecule has 0 spiro atoms. The van der Waals surface area contributed by atoms with E-state index in [4.69, 9.17) is 23.2 Å². The van der Waals surface area contributed by atoms with Crippen molar-refractivity contribution in [2.45, 2.75) is 39.8 Å². The monoisotopic (exact) mass is 605 g/mol. The summed E-state index contributed by atoms with van der Waals surface area (Å²) in [5.41, 5.74) is 0.921. The fraction of sp³-hybridized carbons (Fsp3) is 0.417. The third-order valence-corrected chi connectivity index (χ3v) is 7.42. The Morgan fingerprint density at radius 2 is 1.80 bits per heavy atom. The lowest BCUT2D eigenvalue weighted by atomic mass is 10.1. The van der Waals surface area contributed by atoms with Crippen LogP contribution in [0.2, 0.25) is 10.0 Å². The van der Waals surface area contributed by atoms with Gasteiger partial charge in [0.25, 0.3) is 0 Å². The van der Waals surface area contributed by atoms with E-state index < -0.39 is 28.5 Å². The summed E-state index contributed by atoms with van der Waals surface area (Å²) in [4.78, 5) is 28.1. The molecule has 1 atom stereocenters. The summed E-state index contributed by atoms with van der Waals surface area (Å²) in [5, 5.41) is 3.66. The van der Waals surface area contributed by atoms with Crippen LogP contribution in [0.4, 0.5) is 5.69 Å². The molecule has 2 aromatic carbocycles. The van der Waals surface area contributed by atoms with Gasteiger partial charge in [-0.1, -0.05) is 72.0 Å². The molecule has 0 heterocycles. The fourth-order valence-electron chi connectivity index (χ4n) is 3.42. The topological polar surface area (TPSA) is 86.8 Å². The van der Waals surface area contributed by atoms with E-state index in [0.717, 1.165) is 10.6 Å². The zero-order valence-corrected chi connectivity index (χ0v) is 24.0. The molecule has 0 unspecified atom stereocenters. The Morgan fingerprint density at radius 3 is 2.34 bits per heavy atom. The van der Waals surface area contributed by atoms with Gasteiger partial charge in [0.15, 0.2) is 0 Å². The van der Waals surface area contributed by atoms with Crippen LogP contribution in [0.5, 0.6) is 0 Å². The third kappa shape index (κ3) is 8.66. The molecule has 2 aromatic rings. The van der Waals surface area contributed by atoms with Crippen molar-refractivity contribution in [3.8, 4) is 0 Å². The smallest absolute Gasteiger partial charge is 0.244 e. The van der Waals surface area contributed by atoms with E-state index >= 15 is 0 Å². The Kier molecular flexibility index (Phi) is 10.9. The van der Waals surface area contributed by atoms with Gasteiger partial charge < -0.3 is 10.2 Å². The molecule has 0 aromatic heterocycles. The van der Waals surface area contributed by atoms with Crippen LogP contribution in [0.15, 0.2) is 46.9 Å². The number of anilines is 1. The van der Waals surface area contributed by atoms with E-state index in [0.29, 0.717) is 38.7 Å². The van der Waals surface area contributed by atoms with E-state index in [2.05, 4.69) is 21.2 Å². The molecule has 35 heavy (non-hydrogen) atoms. The number of amides is 2. The summed E-state index contributed by atoms with van der Waals surface area (Å²) < 4.78 is 26.9. The zero-order valence-electron chi connectivity index (χ0n) is 20.1. The minimum atomic E-state index is -3.80. The molecule has 0 saturated carbocycles. The maximum atomic E-state index is 13.6. The second-order valence-corrected chi connectivity index (χ2v) is 12.2. The van der Waals surface area contributed by atoms with Crippen molar-refractivity contribution in [2.75, 3.05) is 23.7 Å². The van der Waals surface area contributed by atoms with Gasteiger partial charge in [-0.25, -0.2) is 8.42 Å². The zero-order chi connectivity index (χ0) is 26.3. The first-order chi connectivity index (χ1) is 16.3. The number of nitrogens with one attached hydrogen (secondary N) is 1. The standard InChI is InChI=1S/C24H30BrCl2N3O4S/c1-5-22(24(32)28-13-16(2)3)29(14-17-9-10-19(26)12-21(17)27)23(31)15-30(35(4,33)34)20-8-6-7-18(25)11-20/h6-12,16,22H,5,13-15H2,1-4H3,(H,28,32)/t22-/m0/s1. The Balaban J connectivity index is 2.46. The summed E-state index contributed by atoms with van der Waals surface area (Å²) in [6.07, 6.45) is 1.37. The maximum Gasteiger partial charge on any atom is 0.244 e. The summed E-state index contributed by atoms with van der Waals surface area (Å²) in [7, 11) is -3.80. The van der Waals surface area contributed by atoms with Crippen molar-refractivity contribution in [1.29, 1.82) is 0 Å². The molecule has 2 rings (SSSR count). The summed E-state index contributed by atoms with van der Waals surface area (Å²) >= 11 is 15.7. The number of rotatable bonds is 11. The molecule has 0 aliphatic rings. The van der Waals surface area contributed by atoms with Crippen molar-refractivity contribution in [3.05, 3.63) is 62.5 Å². The van der Waals surface area contributed by atoms with Crippen LogP contribution in [-0.2, 0) is 26.2 Å². The second-order valence-electron chi connectivity index (χ2n) is 8.57. The number of halogens is 3. The number of hydrogen-bond acceptors (Lipinski definition) is 4. The maximum absolute atomic E-state index is 13.6. The van der Waals surface area contributed by atoms with Crippen molar-refractivity contribution in [3.63, 3.8) is 0 Å². The number of sulfonamides is 1. The van der Waals surface area contributed by atoms with Crippen LogP contribution in [0.25, 0.3) is 0 Å². The first-order valence-corrected chi connectivity index (χ1v) is 14.5. The minimum Gasteiger partial charge on any atom is -0.354 e. The summed E-state index contributed by atoms with van der Waals surface area (Å²) in [6, 6.07) is 10.7. The first-order valence-electron chi connectivity index (χ1n) is 11.1. The predicted octanol–water partition coefficient (Wildman–Crippen LogP) is 5.10. The highest BCUT2D eigenvalue weighted by atomic mass is 79.9. The lowest BCUT2D eigenvalue weighted by Gasteiger charge is -2.33. The Morgan fingerprint density at radius 1 is 1.11 bits per heavy atom. The molecule has 0 aliphatic carbocycles. The minimum absolute atomic E-state index is 0.0124. The normalized spacial score (nSPS) is 12.3. The molecule has 2 amide bonds. The molecule has 1 N–H and O–H groups in total. The average Bonchev–Trinajstić information content (AvgIpc) is 2.76. The lowest BCUT2D eigenvalue weighted by Crippen LogP contribution is -2.52. The van der Waals surface area contributed by atoms with E-state index in [1.165, 1.54) is 4.90 Å². The lowest BCUT2D eigenvalue weighted by molar-refractivity contribution is -0.140. The average molecular weight is 607 g/mol. The van der Waals surface area contributed by atoms with Gasteiger partial charge in [-0.15, -0.1) is 0 Å². The molecule has 192 valence electrons. The number of carbonyl (C=O) groups excluding carboxylic acids is 2. The molecule has 0 aliphatic heterocycles. The van der Waals surface area contributed by atoms with Crippen molar-refractivity contribution in [2.24, 2.45) is 5.92 Å². The van der Waals surface area contributed by atoms with Gasteiger partial charge in [0.2, 0.25) is 21.8 Å². The van der Waals surface area contributed by atoms with Gasteiger partial charge in [-0.3, -0.25) is 13.9 Å². The highest BCUT2D eigenvalue weighted by Crippen LogP contribution is 2.26. The summed E-state index contributed by atoms with van der Waals surface area (Å²) in [5.74, 6) is -0.621. The number of hydrogen-bond donors (Lipinski definition) is 1. The van der Waals surface area contributed by atoms with Crippen molar-refractivity contribution in [1.82, 2.24) is 10.2 Å². The van der Waals surface area contributed by atoms with Gasteiger partial charge >= 0.3 is 0 Å². The van der Waals surface area contributed by atoms with Gasteiger partial charge in [-0.05, 0) is 48.2 Å². The predicted molar refractivity (Wildman–Crippen MR) is 145 cm³/mol. The molecular formula is C24H30BrCl2N3O4S. The van der Waals surface area contributed by atoms with Gasteiger partial charge in [-0.2, -0.15) is 0 Å². The molecule has 0 saturated heterocycles. The molecule has 0 radical (unpaired) electrons. The quantitative estimate of drug-likeness (QED) is 0.385. The Labute approximate surface area is 225 Å². The highest BCUT2D eigenvalue weighted by molar-refractivity contribution is 9.10. The second kappa shape index (κ2) is 12.9. The van der Waals surface area contributed by atoms with Gasteiger partial charge in [0.05, 0.1) is 11.9 Å². The van der Waals surface area contributed by atoms with Crippen LogP contribution >= 0.6 is 39.1 Å². The number of nitrogens with zero attached hydrogens (tertiary/aromatic N) is 2. The van der Waals surface area contributed by atoms with Crippen molar-refractivity contribution >= 4 is 66.7 Å². The van der Waals surface area contributed by atoms with E-state index in [1.54, 1.807) is 49.4 Å². The molecule has 7 nitrogen and oxygen atoms in total. The molecule has 0 bridgehead atoms. The SMILES string of the molecule is CC[C@@H](C(=O)NCC(C)C)N(Cc1ccc(Cl)cc1Cl)C(=O)CN(c1cccc(Br)c1)S(C)(=O)=O. The van der Waals surface area contributed by atoms with Gasteiger partial charge in [0.1, 0.15) is 12.6 Å². The third-order valence-electron chi connectivity index (χ3n) is 5.20. The van der Waals surface area contributed by atoms with E-state index in [1.807, 2.05) is 13.8 Å². The molecular weight excluding hydrogens is 577 g/mol. The Bertz CT molecular complexity index is 1160. The molecule has 11 heteroatoms. The van der Waals surface area contributed by atoms with E-state index in [9.17, 15) is 18.0 Å². The van der Waals surface area contributed by atoms with Gasteiger partial charge in [0, 0.05) is 27.6 Å².